The van der Waals surface area contributed by atoms with Crippen molar-refractivity contribution in [3.63, 3.8) is 0 Å². The maximum absolute atomic E-state index is 10.1. The van der Waals surface area contributed by atoms with Crippen molar-refractivity contribution in [2.75, 3.05) is 19.6 Å². The first-order valence-corrected chi connectivity index (χ1v) is 8.20. The Hall–Kier alpha value is -0.0800. The summed E-state index contributed by atoms with van der Waals surface area (Å²) in [6.07, 6.45) is 11.8. The Bertz CT molecular complexity index is 231. The van der Waals surface area contributed by atoms with Crippen molar-refractivity contribution in [3.05, 3.63) is 0 Å². The molecule has 0 bridgehead atoms. The van der Waals surface area contributed by atoms with Crippen LogP contribution in [0.15, 0.2) is 0 Å². The fourth-order valence-electron chi connectivity index (χ4n) is 3.84. The quantitative estimate of drug-likeness (QED) is 0.829. The van der Waals surface area contributed by atoms with Crippen molar-refractivity contribution in [3.8, 4) is 0 Å². The zero-order valence-corrected chi connectivity index (χ0v) is 12.1. The maximum atomic E-state index is 10.1. The molecule has 1 aliphatic heterocycles. The van der Waals surface area contributed by atoms with Gasteiger partial charge in [-0.25, -0.2) is 0 Å². The lowest BCUT2D eigenvalue weighted by Gasteiger charge is -2.32. The first-order valence-electron chi connectivity index (χ1n) is 8.20. The van der Waals surface area contributed by atoms with E-state index in [1.54, 1.807) is 0 Å². The number of likely N-dealkylation sites (tertiary alicyclic amines) is 1. The van der Waals surface area contributed by atoms with Gasteiger partial charge in [-0.15, -0.1) is 0 Å². The van der Waals surface area contributed by atoms with Crippen LogP contribution in [0.5, 0.6) is 0 Å². The van der Waals surface area contributed by atoms with Gasteiger partial charge in [-0.1, -0.05) is 32.6 Å². The topological polar surface area (TPSA) is 23.5 Å². The van der Waals surface area contributed by atoms with Crippen LogP contribution in [0.25, 0.3) is 0 Å². The lowest BCUT2D eigenvalue weighted by Crippen LogP contribution is -2.37. The van der Waals surface area contributed by atoms with Crippen LogP contribution in [0.2, 0.25) is 0 Å². The Kier molecular flexibility index (Phi) is 5.97. The van der Waals surface area contributed by atoms with E-state index in [4.69, 9.17) is 0 Å². The van der Waals surface area contributed by atoms with E-state index >= 15 is 0 Å². The summed E-state index contributed by atoms with van der Waals surface area (Å²) in [7, 11) is 0. The Morgan fingerprint density at radius 1 is 1.00 bits per heavy atom. The molecule has 2 heteroatoms. The molecule has 3 unspecified atom stereocenters. The van der Waals surface area contributed by atoms with E-state index in [0.29, 0.717) is 5.92 Å². The van der Waals surface area contributed by atoms with Crippen LogP contribution in [0.1, 0.15) is 64.7 Å². The Balaban J connectivity index is 1.75. The molecule has 0 aromatic heterocycles. The molecule has 1 N–H and O–H groups in total. The number of hydrogen-bond donors (Lipinski definition) is 1. The molecule has 0 aromatic rings. The Morgan fingerprint density at radius 3 is 2.61 bits per heavy atom. The largest absolute Gasteiger partial charge is 0.393 e. The number of rotatable bonds is 4. The molecule has 2 fully saturated rings. The summed E-state index contributed by atoms with van der Waals surface area (Å²) >= 11 is 0. The van der Waals surface area contributed by atoms with Crippen molar-refractivity contribution in [2.24, 2.45) is 11.8 Å². The molecule has 0 amide bonds. The predicted molar refractivity (Wildman–Crippen MR) is 76.7 cm³/mol. The first-order chi connectivity index (χ1) is 8.79. The highest BCUT2D eigenvalue weighted by atomic mass is 16.3. The van der Waals surface area contributed by atoms with E-state index in [9.17, 15) is 5.11 Å². The number of hydrogen-bond acceptors (Lipinski definition) is 2. The van der Waals surface area contributed by atoms with Crippen LogP contribution < -0.4 is 0 Å². The average molecular weight is 253 g/mol. The summed E-state index contributed by atoms with van der Waals surface area (Å²) in [5.41, 5.74) is 0. The fraction of sp³-hybridized carbons (Fsp3) is 1.00. The van der Waals surface area contributed by atoms with Gasteiger partial charge in [0.2, 0.25) is 0 Å². The van der Waals surface area contributed by atoms with E-state index < -0.39 is 0 Å². The van der Waals surface area contributed by atoms with Gasteiger partial charge in [-0.3, -0.25) is 0 Å². The third kappa shape index (κ3) is 4.24. The monoisotopic (exact) mass is 253 g/mol. The maximum Gasteiger partial charge on any atom is 0.0580 e. The summed E-state index contributed by atoms with van der Waals surface area (Å²) < 4.78 is 0. The molecule has 2 nitrogen and oxygen atoms in total. The summed E-state index contributed by atoms with van der Waals surface area (Å²) in [5.74, 6) is 1.53. The minimum Gasteiger partial charge on any atom is -0.393 e. The predicted octanol–water partition coefficient (Wildman–Crippen LogP) is 3.44. The van der Waals surface area contributed by atoms with Gasteiger partial charge in [0.25, 0.3) is 0 Å². The molecule has 18 heavy (non-hydrogen) atoms. The zero-order chi connectivity index (χ0) is 12.8. The van der Waals surface area contributed by atoms with Gasteiger partial charge < -0.3 is 10.0 Å². The number of aliphatic hydroxyl groups is 1. The van der Waals surface area contributed by atoms with E-state index in [-0.39, 0.29) is 6.10 Å². The van der Waals surface area contributed by atoms with Gasteiger partial charge in [0, 0.05) is 6.54 Å². The van der Waals surface area contributed by atoms with Gasteiger partial charge in [0.15, 0.2) is 0 Å². The highest BCUT2D eigenvalue weighted by molar-refractivity contribution is 4.79. The highest BCUT2D eigenvalue weighted by Crippen LogP contribution is 2.27. The summed E-state index contributed by atoms with van der Waals surface area (Å²) in [4.78, 5) is 2.63. The third-order valence-electron chi connectivity index (χ3n) is 5.00. The Morgan fingerprint density at radius 2 is 1.83 bits per heavy atom. The smallest absolute Gasteiger partial charge is 0.0580 e. The van der Waals surface area contributed by atoms with Crippen molar-refractivity contribution in [2.45, 2.75) is 70.8 Å². The summed E-state index contributed by atoms with van der Waals surface area (Å²) in [6, 6.07) is 0. The van der Waals surface area contributed by atoms with Gasteiger partial charge in [-0.05, 0) is 57.0 Å². The second kappa shape index (κ2) is 7.49. The van der Waals surface area contributed by atoms with E-state index in [0.717, 1.165) is 18.9 Å². The molecular weight excluding hydrogens is 222 g/mol. The number of nitrogens with zero attached hydrogens (tertiary/aromatic N) is 1. The summed E-state index contributed by atoms with van der Waals surface area (Å²) in [6.45, 7) is 6.00. The normalized spacial score (nSPS) is 35.3. The van der Waals surface area contributed by atoms with E-state index in [1.807, 2.05) is 0 Å². The molecular formula is C16H31NO. The molecule has 1 heterocycles. The molecule has 1 saturated heterocycles. The summed E-state index contributed by atoms with van der Waals surface area (Å²) in [5, 5.41) is 10.1. The molecule has 0 radical (unpaired) electrons. The lowest BCUT2D eigenvalue weighted by molar-refractivity contribution is 0.0469. The van der Waals surface area contributed by atoms with Crippen molar-refractivity contribution < 1.29 is 5.11 Å². The van der Waals surface area contributed by atoms with E-state index in [1.165, 1.54) is 64.5 Å². The van der Waals surface area contributed by atoms with Crippen LogP contribution >= 0.6 is 0 Å². The van der Waals surface area contributed by atoms with Crippen molar-refractivity contribution in [1.82, 2.24) is 4.90 Å². The minimum absolute atomic E-state index is 0.0200. The van der Waals surface area contributed by atoms with Crippen molar-refractivity contribution >= 4 is 0 Å². The van der Waals surface area contributed by atoms with Crippen LogP contribution in [0.4, 0.5) is 0 Å². The van der Waals surface area contributed by atoms with Crippen LogP contribution in [0, 0.1) is 11.8 Å². The SMILES string of the molecule is CCCC1CCCN(CC2CCCCC2O)CC1. The van der Waals surface area contributed by atoms with Crippen molar-refractivity contribution in [1.29, 1.82) is 0 Å². The molecule has 1 saturated carbocycles. The molecule has 2 rings (SSSR count). The highest BCUT2D eigenvalue weighted by Gasteiger charge is 2.26. The molecule has 106 valence electrons. The molecule has 3 atom stereocenters. The Labute approximate surface area is 113 Å². The van der Waals surface area contributed by atoms with Gasteiger partial charge >= 0.3 is 0 Å². The van der Waals surface area contributed by atoms with Gasteiger partial charge in [0.05, 0.1) is 6.10 Å². The molecule has 0 spiro atoms. The second-order valence-electron chi connectivity index (χ2n) is 6.50. The lowest BCUT2D eigenvalue weighted by atomic mass is 9.86. The zero-order valence-electron chi connectivity index (χ0n) is 12.1. The third-order valence-corrected chi connectivity index (χ3v) is 5.00. The van der Waals surface area contributed by atoms with Gasteiger partial charge in [-0.2, -0.15) is 0 Å². The van der Waals surface area contributed by atoms with Crippen LogP contribution in [0.3, 0.4) is 0 Å². The standard InChI is InChI=1S/C16H31NO/c1-2-6-14-7-5-11-17(12-10-14)13-15-8-3-4-9-16(15)18/h14-16,18H,2-13H2,1H3. The molecule has 1 aliphatic carbocycles. The molecule has 0 aromatic carbocycles. The van der Waals surface area contributed by atoms with Crippen LogP contribution in [-0.2, 0) is 0 Å². The fourth-order valence-corrected chi connectivity index (χ4v) is 3.84. The van der Waals surface area contributed by atoms with Gasteiger partial charge in [0.1, 0.15) is 0 Å². The second-order valence-corrected chi connectivity index (χ2v) is 6.50. The average Bonchev–Trinajstić information content (AvgIpc) is 2.59. The number of aliphatic hydroxyl groups excluding tert-OH is 1. The minimum atomic E-state index is -0.0200. The van der Waals surface area contributed by atoms with Crippen LogP contribution in [-0.4, -0.2) is 35.7 Å². The first kappa shape index (κ1) is 14.3. The molecule has 2 aliphatic rings. The van der Waals surface area contributed by atoms with E-state index in [2.05, 4.69) is 11.8 Å².